The lowest BCUT2D eigenvalue weighted by molar-refractivity contribution is 0.183. The number of carbonyl (C=O) groups is 1. The second-order valence-corrected chi connectivity index (χ2v) is 4.85. The zero-order chi connectivity index (χ0) is 13.0. The number of anilines is 1. The average molecular weight is 247 g/mol. The molecule has 1 aliphatic rings. The van der Waals surface area contributed by atoms with Gasteiger partial charge in [-0.2, -0.15) is 0 Å². The van der Waals surface area contributed by atoms with Gasteiger partial charge in [-0.25, -0.2) is 4.79 Å². The Morgan fingerprint density at radius 2 is 1.94 bits per heavy atom. The third-order valence-electron chi connectivity index (χ3n) is 3.45. The summed E-state index contributed by atoms with van der Waals surface area (Å²) in [5.41, 5.74) is 7.61. The number of nitrogens with one attached hydrogen (secondary N) is 1. The molecule has 2 rings (SSSR count). The first-order chi connectivity index (χ1) is 8.68. The highest BCUT2D eigenvalue weighted by atomic mass is 16.2. The van der Waals surface area contributed by atoms with E-state index in [0.717, 1.165) is 37.2 Å². The van der Waals surface area contributed by atoms with Crippen molar-refractivity contribution in [2.75, 3.05) is 18.8 Å². The number of para-hydroxylation sites is 1. The minimum Gasteiger partial charge on any atom is -0.398 e. The second-order valence-electron chi connectivity index (χ2n) is 4.85. The maximum absolute atomic E-state index is 12.1. The Hall–Kier alpha value is -1.71. The number of urea groups is 1. The van der Waals surface area contributed by atoms with Gasteiger partial charge in [-0.05, 0) is 37.8 Å². The van der Waals surface area contributed by atoms with Gasteiger partial charge in [0.25, 0.3) is 0 Å². The minimum atomic E-state index is -0.0550. The molecule has 98 valence electrons. The molecule has 1 aromatic carbocycles. The van der Waals surface area contributed by atoms with E-state index in [1.54, 1.807) is 0 Å². The Balaban J connectivity index is 1.96. The standard InChI is InChI=1S/C14H21N3O/c1-11(12-7-3-4-8-13(12)15)16-14(18)17-9-5-2-6-10-17/h3-4,7-8,11H,2,5-6,9-10,15H2,1H3,(H,16,18). The number of benzene rings is 1. The second kappa shape index (κ2) is 5.76. The smallest absolute Gasteiger partial charge is 0.317 e. The number of amides is 2. The van der Waals surface area contributed by atoms with Crippen molar-refractivity contribution in [2.45, 2.75) is 32.2 Å². The SMILES string of the molecule is CC(NC(=O)N1CCCCC1)c1ccccc1N. The highest BCUT2D eigenvalue weighted by Gasteiger charge is 2.19. The van der Waals surface area contributed by atoms with E-state index in [1.807, 2.05) is 36.1 Å². The molecule has 1 aliphatic heterocycles. The fourth-order valence-corrected chi connectivity index (χ4v) is 2.36. The predicted octanol–water partition coefficient (Wildman–Crippen LogP) is 2.53. The Labute approximate surface area is 108 Å². The first-order valence-corrected chi connectivity index (χ1v) is 6.58. The monoisotopic (exact) mass is 247 g/mol. The summed E-state index contributed by atoms with van der Waals surface area (Å²) in [6.07, 6.45) is 3.44. The summed E-state index contributed by atoms with van der Waals surface area (Å²) in [6, 6.07) is 7.62. The van der Waals surface area contributed by atoms with Crippen molar-refractivity contribution in [3.05, 3.63) is 29.8 Å². The number of nitrogens with zero attached hydrogens (tertiary/aromatic N) is 1. The molecular weight excluding hydrogens is 226 g/mol. The predicted molar refractivity (Wildman–Crippen MR) is 73.2 cm³/mol. The molecule has 1 atom stereocenters. The van der Waals surface area contributed by atoms with Gasteiger partial charge in [0.05, 0.1) is 6.04 Å². The van der Waals surface area contributed by atoms with E-state index in [9.17, 15) is 4.79 Å². The van der Waals surface area contributed by atoms with Gasteiger partial charge in [-0.1, -0.05) is 18.2 Å². The lowest BCUT2D eigenvalue weighted by atomic mass is 10.1. The van der Waals surface area contributed by atoms with Crippen LogP contribution in [0.15, 0.2) is 24.3 Å². The molecule has 18 heavy (non-hydrogen) atoms. The minimum absolute atomic E-state index is 0.0189. The van der Waals surface area contributed by atoms with Crippen LogP contribution in [0.4, 0.5) is 10.5 Å². The van der Waals surface area contributed by atoms with Crippen molar-refractivity contribution in [2.24, 2.45) is 0 Å². The molecule has 0 spiro atoms. The normalized spacial score (nSPS) is 17.3. The number of hydrogen-bond acceptors (Lipinski definition) is 2. The molecule has 2 amide bonds. The number of nitrogen functional groups attached to an aromatic ring is 1. The molecule has 0 bridgehead atoms. The Bertz CT molecular complexity index is 413. The molecule has 4 heteroatoms. The highest BCUT2D eigenvalue weighted by Crippen LogP contribution is 2.20. The van der Waals surface area contributed by atoms with Gasteiger partial charge < -0.3 is 16.0 Å². The van der Waals surface area contributed by atoms with Crippen molar-refractivity contribution < 1.29 is 4.79 Å². The van der Waals surface area contributed by atoms with Crippen molar-refractivity contribution >= 4 is 11.7 Å². The van der Waals surface area contributed by atoms with Crippen LogP contribution >= 0.6 is 0 Å². The molecule has 1 heterocycles. The van der Waals surface area contributed by atoms with E-state index in [4.69, 9.17) is 5.73 Å². The van der Waals surface area contributed by atoms with E-state index < -0.39 is 0 Å². The summed E-state index contributed by atoms with van der Waals surface area (Å²) < 4.78 is 0. The van der Waals surface area contributed by atoms with Crippen LogP contribution in [0.3, 0.4) is 0 Å². The molecule has 0 saturated carbocycles. The summed E-state index contributed by atoms with van der Waals surface area (Å²) >= 11 is 0. The van der Waals surface area contributed by atoms with E-state index in [1.165, 1.54) is 6.42 Å². The van der Waals surface area contributed by atoms with Crippen LogP contribution in [0, 0.1) is 0 Å². The van der Waals surface area contributed by atoms with Crippen LogP contribution in [-0.4, -0.2) is 24.0 Å². The fourth-order valence-electron chi connectivity index (χ4n) is 2.36. The van der Waals surface area contributed by atoms with Gasteiger partial charge in [0, 0.05) is 18.8 Å². The maximum atomic E-state index is 12.1. The van der Waals surface area contributed by atoms with Crippen molar-refractivity contribution in [3.8, 4) is 0 Å². The number of likely N-dealkylation sites (tertiary alicyclic amines) is 1. The third kappa shape index (κ3) is 2.94. The molecule has 1 saturated heterocycles. The summed E-state index contributed by atoms with van der Waals surface area (Å²) in [5.74, 6) is 0. The molecule has 1 fully saturated rings. The lowest BCUT2D eigenvalue weighted by Gasteiger charge is -2.28. The largest absolute Gasteiger partial charge is 0.398 e. The van der Waals surface area contributed by atoms with Gasteiger partial charge in [0.1, 0.15) is 0 Å². The first-order valence-electron chi connectivity index (χ1n) is 6.58. The first kappa shape index (κ1) is 12.7. The van der Waals surface area contributed by atoms with Gasteiger partial charge >= 0.3 is 6.03 Å². The number of piperidine rings is 1. The Kier molecular flexibility index (Phi) is 4.07. The van der Waals surface area contributed by atoms with E-state index in [0.29, 0.717) is 0 Å². The van der Waals surface area contributed by atoms with Crippen molar-refractivity contribution in [3.63, 3.8) is 0 Å². The number of hydrogen-bond donors (Lipinski definition) is 2. The lowest BCUT2D eigenvalue weighted by Crippen LogP contribution is -2.43. The summed E-state index contributed by atoms with van der Waals surface area (Å²) in [6.45, 7) is 3.69. The van der Waals surface area contributed by atoms with E-state index in [-0.39, 0.29) is 12.1 Å². The maximum Gasteiger partial charge on any atom is 0.317 e. The van der Waals surface area contributed by atoms with Crippen LogP contribution in [0.2, 0.25) is 0 Å². The molecule has 3 N–H and O–H groups in total. The summed E-state index contributed by atoms with van der Waals surface area (Å²) in [5, 5.41) is 3.01. The van der Waals surface area contributed by atoms with Crippen molar-refractivity contribution in [1.82, 2.24) is 10.2 Å². The van der Waals surface area contributed by atoms with E-state index >= 15 is 0 Å². The number of carbonyl (C=O) groups excluding carboxylic acids is 1. The molecule has 0 aromatic heterocycles. The molecule has 4 nitrogen and oxygen atoms in total. The zero-order valence-electron chi connectivity index (χ0n) is 10.9. The quantitative estimate of drug-likeness (QED) is 0.789. The molecular formula is C14H21N3O. The van der Waals surface area contributed by atoms with Gasteiger partial charge in [0.15, 0.2) is 0 Å². The van der Waals surface area contributed by atoms with Crippen molar-refractivity contribution in [1.29, 1.82) is 0 Å². The molecule has 0 aliphatic carbocycles. The summed E-state index contributed by atoms with van der Waals surface area (Å²) in [4.78, 5) is 14.0. The number of nitrogens with two attached hydrogens (primary N) is 1. The van der Waals surface area contributed by atoms with Crippen LogP contribution < -0.4 is 11.1 Å². The van der Waals surface area contributed by atoms with Crippen LogP contribution in [0.5, 0.6) is 0 Å². The zero-order valence-corrected chi connectivity index (χ0v) is 10.9. The Morgan fingerprint density at radius 1 is 1.28 bits per heavy atom. The molecule has 0 radical (unpaired) electrons. The molecule has 1 unspecified atom stereocenters. The fraction of sp³-hybridized carbons (Fsp3) is 0.500. The highest BCUT2D eigenvalue weighted by molar-refractivity contribution is 5.75. The topological polar surface area (TPSA) is 58.4 Å². The van der Waals surface area contributed by atoms with Gasteiger partial charge in [-0.3, -0.25) is 0 Å². The summed E-state index contributed by atoms with van der Waals surface area (Å²) in [7, 11) is 0. The number of rotatable bonds is 2. The van der Waals surface area contributed by atoms with Crippen LogP contribution in [-0.2, 0) is 0 Å². The molecule has 1 aromatic rings. The van der Waals surface area contributed by atoms with E-state index in [2.05, 4.69) is 5.32 Å². The Morgan fingerprint density at radius 3 is 2.61 bits per heavy atom. The van der Waals surface area contributed by atoms with Crippen LogP contribution in [0.25, 0.3) is 0 Å². The van der Waals surface area contributed by atoms with Gasteiger partial charge in [-0.15, -0.1) is 0 Å². The van der Waals surface area contributed by atoms with Gasteiger partial charge in [0.2, 0.25) is 0 Å². The van der Waals surface area contributed by atoms with Crippen LogP contribution in [0.1, 0.15) is 37.8 Å². The third-order valence-corrected chi connectivity index (χ3v) is 3.45. The average Bonchev–Trinajstić information content (AvgIpc) is 2.40.